The average Bonchev–Trinajstić information content (AvgIpc) is 2.95. The van der Waals surface area contributed by atoms with Gasteiger partial charge in [-0.15, -0.1) is 0 Å². The summed E-state index contributed by atoms with van der Waals surface area (Å²) in [5, 5.41) is 0. The quantitative estimate of drug-likeness (QED) is 0.753. The fraction of sp³-hybridized carbons (Fsp3) is 0.294. The van der Waals surface area contributed by atoms with E-state index in [0.29, 0.717) is 6.42 Å². The number of nitrogens with zero attached hydrogens (tertiary/aromatic N) is 2. The SMILES string of the molecule is CNS(=O)(=O)c1cc2oc(=O)n(C3CCCc4ccncc43)c2cc1F. The van der Waals surface area contributed by atoms with E-state index in [1.54, 1.807) is 12.4 Å². The lowest BCUT2D eigenvalue weighted by Crippen LogP contribution is -2.25. The van der Waals surface area contributed by atoms with Crippen molar-refractivity contribution >= 4 is 21.1 Å². The summed E-state index contributed by atoms with van der Waals surface area (Å²) in [6.45, 7) is 0. The molecule has 2 heterocycles. The van der Waals surface area contributed by atoms with E-state index in [4.69, 9.17) is 4.42 Å². The Hall–Kier alpha value is -2.52. The number of hydrogen-bond acceptors (Lipinski definition) is 5. The molecule has 1 atom stereocenters. The number of hydrogen-bond donors (Lipinski definition) is 1. The van der Waals surface area contributed by atoms with Gasteiger partial charge in [0.1, 0.15) is 10.7 Å². The number of rotatable bonds is 3. The number of nitrogens with one attached hydrogen (secondary N) is 1. The van der Waals surface area contributed by atoms with Gasteiger partial charge in [-0.05, 0) is 43.5 Å². The van der Waals surface area contributed by atoms with E-state index in [0.717, 1.165) is 36.1 Å². The van der Waals surface area contributed by atoms with Gasteiger partial charge in [-0.1, -0.05) is 0 Å². The van der Waals surface area contributed by atoms with Crippen LogP contribution >= 0.6 is 0 Å². The van der Waals surface area contributed by atoms with E-state index in [1.807, 2.05) is 6.07 Å². The second-order valence-electron chi connectivity index (χ2n) is 6.18. The number of halogens is 1. The van der Waals surface area contributed by atoms with E-state index in [2.05, 4.69) is 9.71 Å². The van der Waals surface area contributed by atoms with Crippen molar-refractivity contribution in [1.82, 2.24) is 14.3 Å². The van der Waals surface area contributed by atoms with Crippen LogP contribution in [0.1, 0.15) is 30.0 Å². The molecule has 136 valence electrons. The number of aromatic nitrogens is 2. The Morgan fingerprint density at radius 1 is 1.38 bits per heavy atom. The van der Waals surface area contributed by atoms with Crippen LogP contribution in [-0.4, -0.2) is 25.0 Å². The number of oxazole rings is 1. The second kappa shape index (κ2) is 6.03. The molecule has 1 N–H and O–H groups in total. The monoisotopic (exact) mass is 377 g/mol. The fourth-order valence-corrected chi connectivity index (χ4v) is 4.32. The second-order valence-corrected chi connectivity index (χ2v) is 8.03. The number of fused-ring (bicyclic) bond motifs is 2. The summed E-state index contributed by atoms with van der Waals surface area (Å²) in [4.78, 5) is 16.1. The Balaban J connectivity index is 1.95. The van der Waals surface area contributed by atoms with Crippen molar-refractivity contribution in [2.75, 3.05) is 7.05 Å². The number of pyridine rings is 1. The molecule has 1 aliphatic carbocycles. The van der Waals surface area contributed by atoms with Crippen molar-refractivity contribution in [2.45, 2.75) is 30.2 Å². The van der Waals surface area contributed by atoms with Crippen molar-refractivity contribution in [3.05, 3.63) is 58.1 Å². The van der Waals surface area contributed by atoms with Gasteiger partial charge in [-0.25, -0.2) is 22.3 Å². The highest BCUT2D eigenvalue weighted by molar-refractivity contribution is 7.89. The Labute approximate surface area is 148 Å². The Morgan fingerprint density at radius 3 is 2.96 bits per heavy atom. The molecule has 2 aromatic heterocycles. The lowest BCUT2D eigenvalue weighted by molar-refractivity contribution is 0.436. The molecular formula is C17H16FN3O4S. The number of benzene rings is 1. The van der Waals surface area contributed by atoms with Gasteiger partial charge >= 0.3 is 5.76 Å². The van der Waals surface area contributed by atoms with Crippen molar-refractivity contribution in [3.63, 3.8) is 0 Å². The molecule has 0 saturated heterocycles. The van der Waals surface area contributed by atoms with Gasteiger partial charge in [0.05, 0.1) is 11.6 Å². The number of sulfonamides is 1. The first-order chi connectivity index (χ1) is 12.4. The molecule has 4 rings (SSSR count). The summed E-state index contributed by atoms with van der Waals surface area (Å²) in [5.41, 5.74) is 2.24. The van der Waals surface area contributed by atoms with E-state index in [9.17, 15) is 17.6 Å². The largest absolute Gasteiger partial charge is 0.420 e. The average molecular weight is 377 g/mol. The van der Waals surface area contributed by atoms with Crippen LogP contribution in [0, 0.1) is 5.82 Å². The summed E-state index contributed by atoms with van der Waals surface area (Å²) >= 11 is 0. The first-order valence-electron chi connectivity index (χ1n) is 8.13. The van der Waals surface area contributed by atoms with E-state index >= 15 is 0 Å². The molecule has 0 amide bonds. The van der Waals surface area contributed by atoms with Crippen molar-refractivity contribution in [2.24, 2.45) is 0 Å². The molecule has 9 heteroatoms. The van der Waals surface area contributed by atoms with E-state index < -0.39 is 26.5 Å². The van der Waals surface area contributed by atoms with Gasteiger partial charge in [0.25, 0.3) is 0 Å². The van der Waals surface area contributed by atoms with Crippen LogP contribution in [0.25, 0.3) is 11.1 Å². The zero-order valence-corrected chi connectivity index (χ0v) is 14.7. The van der Waals surface area contributed by atoms with Crippen LogP contribution < -0.4 is 10.5 Å². The maximum Gasteiger partial charge on any atom is 0.420 e. The van der Waals surface area contributed by atoms with Gasteiger partial charge < -0.3 is 4.42 Å². The molecule has 1 aromatic carbocycles. The van der Waals surface area contributed by atoms with Gasteiger partial charge in [0, 0.05) is 24.5 Å². The van der Waals surface area contributed by atoms with Crippen molar-refractivity contribution in [1.29, 1.82) is 0 Å². The van der Waals surface area contributed by atoms with Gasteiger partial charge in [0.15, 0.2) is 5.58 Å². The van der Waals surface area contributed by atoms with E-state index in [1.165, 1.54) is 11.6 Å². The zero-order valence-electron chi connectivity index (χ0n) is 13.9. The molecule has 26 heavy (non-hydrogen) atoms. The molecule has 1 unspecified atom stereocenters. The molecule has 0 bridgehead atoms. The third kappa shape index (κ3) is 2.55. The minimum atomic E-state index is -4.00. The highest BCUT2D eigenvalue weighted by Crippen LogP contribution is 2.34. The summed E-state index contributed by atoms with van der Waals surface area (Å²) in [6, 6.07) is 3.66. The van der Waals surface area contributed by atoms with Crippen LogP contribution in [0.3, 0.4) is 0 Å². The topological polar surface area (TPSA) is 94.2 Å². The van der Waals surface area contributed by atoms with Gasteiger partial charge in [-0.3, -0.25) is 9.55 Å². The van der Waals surface area contributed by atoms with Crippen molar-refractivity contribution in [3.8, 4) is 0 Å². The van der Waals surface area contributed by atoms with Crippen LogP contribution in [0.5, 0.6) is 0 Å². The Kier molecular flexibility index (Phi) is 3.92. The predicted molar refractivity (Wildman–Crippen MR) is 92.0 cm³/mol. The third-order valence-corrected chi connectivity index (χ3v) is 6.20. The smallest absolute Gasteiger partial charge is 0.408 e. The highest BCUT2D eigenvalue weighted by atomic mass is 32.2. The van der Waals surface area contributed by atoms with Crippen LogP contribution in [0.4, 0.5) is 4.39 Å². The molecule has 0 radical (unpaired) electrons. The predicted octanol–water partition coefficient (Wildman–Crippen LogP) is 1.96. The Morgan fingerprint density at radius 2 is 2.19 bits per heavy atom. The molecule has 1 aliphatic rings. The maximum atomic E-state index is 14.5. The maximum absolute atomic E-state index is 14.5. The summed E-state index contributed by atoms with van der Waals surface area (Å²) < 4.78 is 47.0. The molecular weight excluding hydrogens is 361 g/mol. The minimum Gasteiger partial charge on any atom is -0.408 e. The Bertz CT molecular complexity index is 1170. The third-order valence-electron chi connectivity index (χ3n) is 4.77. The van der Waals surface area contributed by atoms with Crippen molar-refractivity contribution < 1.29 is 17.2 Å². The minimum absolute atomic E-state index is 0.0289. The summed E-state index contributed by atoms with van der Waals surface area (Å²) in [7, 11) is -2.82. The van der Waals surface area contributed by atoms with Gasteiger partial charge in [0.2, 0.25) is 10.0 Å². The number of aryl methyl sites for hydroxylation is 1. The van der Waals surface area contributed by atoms with E-state index in [-0.39, 0.29) is 17.1 Å². The zero-order chi connectivity index (χ0) is 18.5. The normalized spacial score (nSPS) is 17.4. The first kappa shape index (κ1) is 16.9. The molecule has 0 aliphatic heterocycles. The molecule has 3 aromatic rings. The standard InChI is InChI=1S/C17H16FN3O4S/c1-19-26(23,24)16-8-15-14(7-12(16)18)21(17(22)25-15)13-4-2-3-10-5-6-20-9-11(10)13/h5-9,13,19H,2-4H2,1H3. The lowest BCUT2D eigenvalue weighted by atomic mass is 9.89. The van der Waals surface area contributed by atoms with Crippen LogP contribution in [0.2, 0.25) is 0 Å². The molecule has 0 saturated carbocycles. The summed E-state index contributed by atoms with van der Waals surface area (Å²) in [5.74, 6) is -1.59. The van der Waals surface area contributed by atoms with Gasteiger partial charge in [-0.2, -0.15) is 0 Å². The molecule has 0 fully saturated rings. The van der Waals surface area contributed by atoms with Crippen LogP contribution in [-0.2, 0) is 16.4 Å². The first-order valence-corrected chi connectivity index (χ1v) is 9.61. The fourth-order valence-electron chi connectivity index (χ4n) is 3.52. The molecule has 0 spiro atoms. The summed E-state index contributed by atoms with van der Waals surface area (Å²) in [6.07, 6.45) is 5.85. The lowest BCUT2D eigenvalue weighted by Gasteiger charge is -2.25. The highest BCUT2D eigenvalue weighted by Gasteiger charge is 2.28. The molecule has 7 nitrogen and oxygen atoms in total. The van der Waals surface area contributed by atoms with Crippen LogP contribution in [0.15, 0.2) is 44.7 Å².